The number of piperidine rings is 1. The Hall–Kier alpha value is -3.75. The summed E-state index contributed by atoms with van der Waals surface area (Å²) >= 11 is 0. The number of amides is 1. The van der Waals surface area contributed by atoms with Crippen LogP contribution < -0.4 is 15.4 Å². The van der Waals surface area contributed by atoms with Crippen LogP contribution in [0, 0.1) is 5.41 Å². The topological polar surface area (TPSA) is 110 Å². The van der Waals surface area contributed by atoms with E-state index in [2.05, 4.69) is 31.8 Å². The first kappa shape index (κ1) is 23.0. The van der Waals surface area contributed by atoms with Crippen molar-refractivity contribution >= 4 is 17.8 Å². The molecule has 9 nitrogen and oxygen atoms in total. The van der Waals surface area contributed by atoms with Gasteiger partial charge in [-0.05, 0) is 49.4 Å². The lowest BCUT2D eigenvalue weighted by molar-refractivity contribution is -0.143. The zero-order chi connectivity index (χ0) is 24.4. The summed E-state index contributed by atoms with van der Waals surface area (Å²) in [6.45, 7) is 4.30. The Morgan fingerprint density at radius 2 is 1.89 bits per heavy atom. The van der Waals surface area contributed by atoms with E-state index in [1.165, 1.54) is 0 Å². The minimum absolute atomic E-state index is 0.138. The number of nitrogen functional groups attached to an aromatic ring is 1. The smallest absolute Gasteiger partial charge is 0.229 e. The number of likely N-dealkylation sites (tertiary alicyclic amines) is 1. The molecular formula is C26H31N7O2. The number of carbonyl (C=O) groups excluding carboxylic acids is 1. The average Bonchev–Trinajstić information content (AvgIpc) is 3.39. The van der Waals surface area contributed by atoms with Crippen molar-refractivity contribution in [2.75, 3.05) is 37.4 Å². The Morgan fingerprint density at radius 3 is 2.63 bits per heavy atom. The maximum Gasteiger partial charge on any atom is 0.229 e. The fraction of sp³-hybridized carbons (Fsp3) is 0.423. The maximum atomic E-state index is 14.0. The van der Waals surface area contributed by atoms with Crippen LogP contribution in [-0.2, 0) is 4.79 Å². The average molecular weight is 474 g/mol. The summed E-state index contributed by atoms with van der Waals surface area (Å²) in [4.78, 5) is 35.8. The fourth-order valence-electron chi connectivity index (χ4n) is 5.19. The third kappa shape index (κ3) is 4.50. The molecule has 2 fully saturated rings. The molecule has 2 aliphatic heterocycles. The van der Waals surface area contributed by atoms with Crippen molar-refractivity contribution in [3.63, 3.8) is 0 Å². The van der Waals surface area contributed by atoms with E-state index < -0.39 is 5.41 Å². The Balaban J connectivity index is 1.40. The standard InChI is InChI=1S/C26H31N7O2/c1-26(9-14-32(15-10-26)25-28-11-5-12-29-25)23(34)33-13-4-8-21(33)22-20(17-30-24(27)31-22)18-6-3-7-19(16-18)35-2/h3,5-7,11-12,16-17,21H,4,8-10,13-15H2,1-2H3,(H2,27,30,31). The minimum atomic E-state index is -0.442. The number of carbonyl (C=O) groups is 1. The summed E-state index contributed by atoms with van der Waals surface area (Å²) in [5.41, 5.74) is 8.21. The van der Waals surface area contributed by atoms with Gasteiger partial charge in [-0.15, -0.1) is 0 Å². The molecule has 3 aromatic rings. The molecule has 1 aromatic carbocycles. The van der Waals surface area contributed by atoms with E-state index in [-0.39, 0.29) is 17.9 Å². The third-order valence-electron chi connectivity index (χ3n) is 7.27. The second-order valence-electron chi connectivity index (χ2n) is 9.51. The molecule has 2 N–H and O–H groups in total. The molecule has 0 aliphatic carbocycles. The van der Waals surface area contributed by atoms with Crippen molar-refractivity contribution in [2.45, 2.75) is 38.6 Å². The van der Waals surface area contributed by atoms with Gasteiger partial charge in [-0.1, -0.05) is 19.1 Å². The molecule has 2 aromatic heterocycles. The van der Waals surface area contributed by atoms with Gasteiger partial charge >= 0.3 is 0 Å². The number of ether oxygens (including phenoxy) is 1. The van der Waals surface area contributed by atoms with Crippen LogP contribution in [-0.4, -0.2) is 57.5 Å². The Bertz CT molecular complexity index is 1200. The first-order valence-corrected chi connectivity index (χ1v) is 12.1. The number of hydrogen-bond donors (Lipinski definition) is 1. The number of benzene rings is 1. The molecule has 0 saturated carbocycles. The lowest BCUT2D eigenvalue weighted by Crippen LogP contribution is -2.49. The van der Waals surface area contributed by atoms with Crippen molar-refractivity contribution in [1.82, 2.24) is 24.8 Å². The number of hydrogen-bond acceptors (Lipinski definition) is 8. The summed E-state index contributed by atoms with van der Waals surface area (Å²) in [6, 6.07) is 9.49. The summed E-state index contributed by atoms with van der Waals surface area (Å²) in [7, 11) is 1.65. The number of rotatable bonds is 5. The van der Waals surface area contributed by atoms with E-state index in [9.17, 15) is 4.79 Å². The first-order valence-electron chi connectivity index (χ1n) is 12.1. The molecule has 1 unspecified atom stereocenters. The van der Waals surface area contributed by atoms with Crippen LogP contribution in [0.4, 0.5) is 11.9 Å². The van der Waals surface area contributed by atoms with Crippen molar-refractivity contribution in [2.24, 2.45) is 5.41 Å². The van der Waals surface area contributed by atoms with Gasteiger partial charge in [0.1, 0.15) is 5.75 Å². The minimum Gasteiger partial charge on any atom is -0.497 e. The van der Waals surface area contributed by atoms with Gasteiger partial charge < -0.3 is 20.3 Å². The molecular weight excluding hydrogens is 442 g/mol. The van der Waals surface area contributed by atoms with Crippen LogP contribution in [0.3, 0.4) is 0 Å². The molecule has 2 saturated heterocycles. The number of aromatic nitrogens is 4. The first-order chi connectivity index (χ1) is 17.0. The van der Waals surface area contributed by atoms with Crippen LogP contribution in [0.2, 0.25) is 0 Å². The van der Waals surface area contributed by atoms with E-state index in [0.29, 0.717) is 6.54 Å². The molecule has 0 spiro atoms. The number of methoxy groups -OCH3 is 1. The molecule has 35 heavy (non-hydrogen) atoms. The normalized spacial score (nSPS) is 19.5. The van der Waals surface area contributed by atoms with Gasteiger partial charge in [0.25, 0.3) is 0 Å². The Morgan fingerprint density at radius 1 is 1.11 bits per heavy atom. The quantitative estimate of drug-likeness (QED) is 0.600. The molecule has 1 amide bonds. The number of anilines is 2. The monoisotopic (exact) mass is 473 g/mol. The van der Waals surface area contributed by atoms with Gasteiger partial charge in [-0.3, -0.25) is 4.79 Å². The highest BCUT2D eigenvalue weighted by atomic mass is 16.5. The maximum absolute atomic E-state index is 14.0. The molecule has 4 heterocycles. The zero-order valence-corrected chi connectivity index (χ0v) is 20.2. The van der Waals surface area contributed by atoms with E-state index in [0.717, 1.165) is 67.3 Å². The second kappa shape index (κ2) is 9.48. The molecule has 1 atom stereocenters. The van der Waals surface area contributed by atoms with E-state index >= 15 is 0 Å². The van der Waals surface area contributed by atoms with Crippen molar-refractivity contribution in [3.05, 3.63) is 54.6 Å². The lowest BCUT2D eigenvalue weighted by atomic mass is 9.78. The molecule has 5 rings (SSSR count). The van der Waals surface area contributed by atoms with Gasteiger partial charge in [0.15, 0.2) is 0 Å². The van der Waals surface area contributed by atoms with Gasteiger partial charge in [0.05, 0.1) is 18.8 Å². The summed E-state index contributed by atoms with van der Waals surface area (Å²) in [5.74, 6) is 1.88. The molecule has 9 heteroatoms. The van der Waals surface area contributed by atoms with E-state index in [4.69, 9.17) is 10.5 Å². The van der Waals surface area contributed by atoms with Crippen LogP contribution in [0.15, 0.2) is 48.9 Å². The van der Waals surface area contributed by atoms with Gasteiger partial charge in [0.2, 0.25) is 17.8 Å². The summed E-state index contributed by atoms with van der Waals surface area (Å²) < 4.78 is 5.42. The lowest BCUT2D eigenvalue weighted by Gasteiger charge is -2.41. The second-order valence-corrected chi connectivity index (χ2v) is 9.51. The van der Waals surface area contributed by atoms with Crippen molar-refractivity contribution < 1.29 is 9.53 Å². The van der Waals surface area contributed by atoms with Crippen LogP contribution in [0.5, 0.6) is 5.75 Å². The Kier molecular flexibility index (Phi) is 6.23. The van der Waals surface area contributed by atoms with Crippen molar-refractivity contribution in [3.8, 4) is 16.9 Å². The Labute approximate surface area is 205 Å². The zero-order valence-electron chi connectivity index (χ0n) is 20.2. The summed E-state index contributed by atoms with van der Waals surface area (Å²) in [5, 5.41) is 0. The summed E-state index contributed by atoms with van der Waals surface area (Å²) in [6.07, 6.45) is 8.54. The van der Waals surface area contributed by atoms with Gasteiger partial charge in [-0.2, -0.15) is 0 Å². The highest BCUT2D eigenvalue weighted by Gasteiger charge is 2.44. The largest absolute Gasteiger partial charge is 0.497 e. The van der Waals surface area contributed by atoms with E-state index in [1.807, 2.05) is 35.2 Å². The van der Waals surface area contributed by atoms with Gasteiger partial charge in [0, 0.05) is 49.2 Å². The third-order valence-corrected chi connectivity index (χ3v) is 7.27. The van der Waals surface area contributed by atoms with Gasteiger partial charge in [-0.25, -0.2) is 19.9 Å². The highest BCUT2D eigenvalue weighted by molar-refractivity contribution is 5.84. The molecule has 2 aliphatic rings. The molecule has 0 bridgehead atoms. The predicted molar refractivity (Wildman–Crippen MR) is 134 cm³/mol. The van der Waals surface area contributed by atoms with Crippen LogP contribution in [0.25, 0.3) is 11.1 Å². The van der Waals surface area contributed by atoms with E-state index in [1.54, 1.807) is 25.7 Å². The van der Waals surface area contributed by atoms with Crippen molar-refractivity contribution in [1.29, 1.82) is 0 Å². The van der Waals surface area contributed by atoms with Crippen LogP contribution in [0.1, 0.15) is 44.3 Å². The molecule has 0 radical (unpaired) electrons. The number of nitrogens with zero attached hydrogens (tertiary/aromatic N) is 6. The SMILES string of the molecule is COc1cccc(-c2cnc(N)nc2C2CCCN2C(=O)C2(C)CCN(c3ncccn3)CC2)c1. The predicted octanol–water partition coefficient (Wildman–Crippen LogP) is 3.49. The van der Waals surface area contributed by atoms with Crippen LogP contribution >= 0.6 is 0 Å². The molecule has 182 valence electrons. The highest BCUT2D eigenvalue weighted by Crippen LogP contribution is 2.42. The number of nitrogens with two attached hydrogens (primary N) is 1. The fourth-order valence-corrected chi connectivity index (χ4v) is 5.19.